The Morgan fingerprint density at radius 1 is 0.975 bits per heavy atom. The van der Waals surface area contributed by atoms with E-state index in [-0.39, 0.29) is 42.3 Å². The van der Waals surface area contributed by atoms with Gasteiger partial charge in [0.1, 0.15) is 11.6 Å². The molecule has 0 bridgehead atoms. The number of anilines is 1. The number of benzene rings is 2. The third-order valence-corrected chi connectivity index (χ3v) is 6.79. The van der Waals surface area contributed by atoms with Crippen molar-refractivity contribution in [1.29, 1.82) is 0 Å². The van der Waals surface area contributed by atoms with Gasteiger partial charge in [0.2, 0.25) is 0 Å². The highest BCUT2D eigenvalue weighted by atomic mass is 19.4. The maximum Gasteiger partial charge on any atom is 0.416 e. The maximum atomic E-state index is 13.9. The highest BCUT2D eigenvalue weighted by molar-refractivity contribution is 5.97. The summed E-state index contributed by atoms with van der Waals surface area (Å²) in [6.07, 6.45) is -2.93. The molecule has 208 valence electrons. The van der Waals surface area contributed by atoms with Gasteiger partial charge in [-0.25, -0.2) is 4.98 Å². The quantitative estimate of drug-likeness (QED) is 0.349. The molecule has 9 heteroatoms. The number of alkyl halides is 3. The molecule has 0 spiro atoms. The molecular formula is C31H31F3N4O2. The smallest absolute Gasteiger partial charge is 0.383 e. The number of hydrogen-bond acceptors (Lipinski definition) is 6. The number of likely N-dealkylation sites (N-methyl/N-ethyl adjacent to an activating group) is 1. The van der Waals surface area contributed by atoms with Crippen LogP contribution >= 0.6 is 0 Å². The van der Waals surface area contributed by atoms with Crippen LogP contribution < -0.4 is 5.73 Å². The van der Waals surface area contributed by atoms with Crippen molar-refractivity contribution in [2.24, 2.45) is 0 Å². The van der Waals surface area contributed by atoms with E-state index < -0.39 is 11.7 Å². The van der Waals surface area contributed by atoms with Crippen molar-refractivity contribution in [3.8, 4) is 11.8 Å². The number of Topliss-reactive ketones (excluding diaryl/α,β-unsaturated/α-hetero) is 2. The lowest BCUT2D eigenvalue weighted by Crippen LogP contribution is -2.44. The number of nitrogens with two attached hydrogens (primary N) is 1. The van der Waals surface area contributed by atoms with Crippen molar-refractivity contribution >= 4 is 17.4 Å². The summed E-state index contributed by atoms with van der Waals surface area (Å²) in [4.78, 5) is 32.7. The lowest BCUT2D eigenvalue weighted by molar-refractivity contribution is -0.138. The predicted molar refractivity (Wildman–Crippen MR) is 148 cm³/mol. The molecule has 1 fully saturated rings. The minimum Gasteiger partial charge on any atom is -0.383 e. The third-order valence-electron chi connectivity index (χ3n) is 6.79. The van der Waals surface area contributed by atoms with Gasteiger partial charge < -0.3 is 10.6 Å². The fourth-order valence-corrected chi connectivity index (χ4v) is 4.58. The van der Waals surface area contributed by atoms with Crippen molar-refractivity contribution in [3.05, 3.63) is 93.7 Å². The van der Waals surface area contributed by atoms with Crippen LogP contribution in [-0.4, -0.2) is 59.6 Å². The van der Waals surface area contributed by atoms with Crippen LogP contribution in [0.2, 0.25) is 0 Å². The molecule has 4 rings (SSSR count). The van der Waals surface area contributed by atoms with Crippen LogP contribution in [0, 0.1) is 11.8 Å². The fraction of sp³-hybridized carbons (Fsp3) is 0.323. The van der Waals surface area contributed by atoms with Gasteiger partial charge in [0, 0.05) is 62.9 Å². The second-order valence-electron chi connectivity index (χ2n) is 10.2. The molecule has 0 radical (unpaired) electrons. The number of nitrogens with zero attached hydrogens (tertiary/aromatic N) is 3. The number of carbonyl (C=O) groups is 2. The molecule has 0 aliphatic carbocycles. The molecule has 1 aromatic heterocycles. The molecule has 2 aromatic carbocycles. The zero-order chi connectivity index (χ0) is 28.9. The number of ketones is 2. The molecule has 2 N–H and O–H groups in total. The Kier molecular flexibility index (Phi) is 9.03. The summed E-state index contributed by atoms with van der Waals surface area (Å²) in [5.74, 6) is 5.79. The number of aromatic nitrogens is 1. The van der Waals surface area contributed by atoms with E-state index >= 15 is 0 Å². The van der Waals surface area contributed by atoms with Gasteiger partial charge in [0.15, 0.2) is 5.78 Å². The average molecular weight is 549 g/mol. The predicted octanol–water partition coefficient (Wildman–Crippen LogP) is 4.39. The SMILES string of the molecule is CC(=O)Cc1cnc(N)c(C#Cc2cccc(C(=O)Cc3ccc(CN4CCN(C)CC4)c(C(F)(F)F)c3)c2)c1. The Bertz CT molecular complexity index is 1470. The number of carbonyl (C=O) groups excluding carboxylic acids is 2. The van der Waals surface area contributed by atoms with E-state index in [1.165, 1.54) is 19.2 Å². The van der Waals surface area contributed by atoms with Gasteiger partial charge in [0.25, 0.3) is 0 Å². The Labute approximate surface area is 232 Å². The number of halogens is 3. The Morgan fingerprint density at radius 3 is 2.42 bits per heavy atom. The summed E-state index contributed by atoms with van der Waals surface area (Å²) >= 11 is 0. The minimum atomic E-state index is -4.52. The summed E-state index contributed by atoms with van der Waals surface area (Å²) in [5.41, 5.74) is 7.79. The Morgan fingerprint density at radius 2 is 1.73 bits per heavy atom. The summed E-state index contributed by atoms with van der Waals surface area (Å²) in [7, 11) is 2.00. The van der Waals surface area contributed by atoms with Crippen LogP contribution in [-0.2, 0) is 30.4 Å². The van der Waals surface area contributed by atoms with E-state index in [1.807, 2.05) is 11.9 Å². The number of rotatable bonds is 7. The van der Waals surface area contributed by atoms with Gasteiger partial charge in [-0.2, -0.15) is 13.2 Å². The monoisotopic (exact) mass is 548 g/mol. The lowest BCUT2D eigenvalue weighted by Gasteiger charge is -2.33. The van der Waals surface area contributed by atoms with Crippen LogP contribution in [0.15, 0.2) is 54.7 Å². The van der Waals surface area contributed by atoms with E-state index in [9.17, 15) is 22.8 Å². The molecule has 0 atom stereocenters. The van der Waals surface area contributed by atoms with E-state index in [2.05, 4.69) is 21.7 Å². The number of piperazine rings is 1. The molecule has 40 heavy (non-hydrogen) atoms. The Hall–Kier alpha value is -4.00. The average Bonchev–Trinajstić information content (AvgIpc) is 2.90. The summed E-state index contributed by atoms with van der Waals surface area (Å²) in [6.45, 7) is 4.74. The van der Waals surface area contributed by atoms with Crippen LogP contribution in [0.4, 0.5) is 19.0 Å². The van der Waals surface area contributed by atoms with Crippen molar-refractivity contribution in [3.63, 3.8) is 0 Å². The van der Waals surface area contributed by atoms with Gasteiger partial charge >= 0.3 is 6.18 Å². The van der Waals surface area contributed by atoms with Crippen molar-refractivity contribution < 1.29 is 22.8 Å². The normalized spacial score (nSPS) is 14.4. The van der Waals surface area contributed by atoms with Gasteiger partial charge in [0.05, 0.1) is 11.1 Å². The molecule has 0 unspecified atom stereocenters. The fourth-order valence-electron chi connectivity index (χ4n) is 4.58. The van der Waals surface area contributed by atoms with E-state index in [0.717, 1.165) is 19.2 Å². The van der Waals surface area contributed by atoms with Crippen molar-refractivity contribution in [2.45, 2.75) is 32.5 Å². The Balaban J connectivity index is 1.50. The second-order valence-corrected chi connectivity index (χ2v) is 10.2. The minimum absolute atomic E-state index is 0.0104. The summed E-state index contributed by atoms with van der Waals surface area (Å²) in [6, 6.07) is 12.5. The van der Waals surface area contributed by atoms with Gasteiger partial charge in [-0.1, -0.05) is 36.1 Å². The molecule has 2 heterocycles. The molecule has 3 aromatic rings. The van der Waals surface area contributed by atoms with E-state index in [0.29, 0.717) is 40.9 Å². The number of hydrogen-bond donors (Lipinski definition) is 1. The molecular weight excluding hydrogens is 517 g/mol. The zero-order valence-corrected chi connectivity index (χ0v) is 22.5. The van der Waals surface area contributed by atoms with Crippen LogP contribution in [0.25, 0.3) is 0 Å². The maximum absolute atomic E-state index is 13.9. The zero-order valence-electron chi connectivity index (χ0n) is 22.5. The first-order valence-corrected chi connectivity index (χ1v) is 13.0. The van der Waals surface area contributed by atoms with Crippen molar-refractivity contribution in [1.82, 2.24) is 14.8 Å². The van der Waals surface area contributed by atoms with Gasteiger partial charge in [-0.15, -0.1) is 0 Å². The first kappa shape index (κ1) is 29.0. The molecule has 6 nitrogen and oxygen atoms in total. The van der Waals surface area contributed by atoms with Crippen LogP contribution in [0.1, 0.15) is 50.7 Å². The highest BCUT2D eigenvalue weighted by Gasteiger charge is 2.34. The first-order chi connectivity index (χ1) is 19.0. The molecule has 1 saturated heterocycles. The largest absolute Gasteiger partial charge is 0.416 e. The number of nitrogen functional groups attached to an aromatic ring is 1. The van der Waals surface area contributed by atoms with Crippen molar-refractivity contribution in [2.75, 3.05) is 39.0 Å². The first-order valence-electron chi connectivity index (χ1n) is 13.0. The lowest BCUT2D eigenvalue weighted by atomic mass is 9.97. The van der Waals surface area contributed by atoms with E-state index in [1.54, 1.807) is 36.4 Å². The molecule has 0 amide bonds. The molecule has 1 aliphatic heterocycles. The number of pyridine rings is 1. The summed E-state index contributed by atoms with van der Waals surface area (Å²) < 4.78 is 41.8. The third kappa shape index (κ3) is 7.78. The molecule has 1 aliphatic rings. The molecule has 0 saturated carbocycles. The van der Waals surface area contributed by atoms with E-state index in [4.69, 9.17) is 5.73 Å². The topological polar surface area (TPSA) is 79.5 Å². The van der Waals surface area contributed by atoms with Gasteiger partial charge in [-0.05, 0) is 54.9 Å². The van der Waals surface area contributed by atoms with Crippen LogP contribution in [0.5, 0.6) is 0 Å². The standard InChI is InChI=1S/C31H31F3N4O2/c1-21(39)14-24-16-26(30(35)36-19-24)8-6-22-4-3-5-25(15-22)29(40)18-23-7-9-27(28(17-23)31(32,33)34)20-38-12-10-37(2)11-13-38/h3-5,7,9,15-17,19H,10-14,18,20H2,1-2H3,(H2,35,36). The van der Waals surface area contributed by atoms with Gasteiger partial charge in [-0.3, -0.25) is 14.5 Å². The highest BCUT2D eigenvalue weighted by Crippen LogP contribution is 2.34. The second kappa shape index (κ2) is 12.5. The summed E-state index contributed by atoms with van der Waals surface area (Å²) in [5, 5.41) is 0. The van der Waals surface area contributed by atoms with Crippen LogP contribution in [0.3, 0.4) is 0 Å².